The molecule has 4 heteroatoms. The molecule has 1 saturated heterocycles. The van der Waals surface area contributed by atoms with Crippen molar-refractivity contribution in [3.63, 3.8) is 0 Å². The van der Waals surface area contributed by atoms with Gasteiger partial charge in [-0.2, -0.15) is 0 Å². The normalized spacial score (nSPS) is 27.4. The second kappa shape index (κ2) is 3.53. The third-order valence-corrected chi connectivity index (χ3v) is 1.41. The van der Waals surface area contributed by atoms with Gasteiger partial charge in [-0.3, -0.25) is 5.32 Å². The van der Waals surface area contributed by atoms with E-state index in [9.17, 15) is 4.79 Å². The van der Waals surface area contributed by atoms with Crippen molar-refractivity contribution in [2.75, 3.05) is 13.2 Å². The molecular formula is C6H11NO3. The van der Waals surface area contributed by atoms with E-state index in [1.165, 1.54) is 0 Å². The molecule has 1 heterocycles. The number of aliphatic carboxylic acids is 1. The Balaban J connectivity index is 2.35. The van der Waals surface area contributed by atoms with E-state index >= 15 is 0 Å². The van der Waals surface area contributed by atoms with Gasteiger partial charge in [0.05, 0.1) is 0 Å². The summed E-state index contributed by atoms with van der Waals surface area (Å²) in [5.74, 6) is -0.929. The minimum atomic E-state index is -0.929. The van der Waals surface area contributed by atoms with Gasteiger partial charge < -0.3 is 9.84 Å². The third kappa shape index (κ3) is 1.97. The minimum Gasteiger partial charge on any atom is -0.478 e. The van der Waals surface area contributed by atoms with Crippen LogP contribution in [0.1, 0.15) is 12.8 Å². The smallest absolute Gasteiger partial charge is 0.348 e. The van der Waals surface area contributed by atoms with Crippen LogP contribution in [0.5, 0.6) is 0 Å². The molecule has 1 aliphatic rings. The van der Waals surface area contributed by atoms with Gasteiger partial charge in [-0.05, 0) is 19.4 Å². The zero-order valence-corrected chi connectivity index (χ0v) is 5.67. The Bertz CT molecular complexity index is 118. The molecule has 2 N–H and O–H groups in total. The van der Waals surface area contributed by atoms with Crippen molar-refractivity contribution in [1.82, 2.24) is 5.32 Å². The van der Waals surface area contributed by atoms with Gasteiger partial charge in [-0.15, -0.1) is 0 Å². The maximum Gasteiger partial charge on any atom is 0.348 e. The van der Waals surface area contributed by atoms with E-state index in [4.69, 9.17) is 9.84 Å². The predicted molar refractivity (Wildman–Crippen MR) is 34.6 cm³/mol. The van der Waals surface area contributed by atoms with Crippen LogP contribution >= 0.6 is 0 Å². The Hall–Kier alpha value is -0.610. The Morgan fingerprint density at radius 2 is 2.40 bits per heavy atom. The van der Waals surface area contributed by atoms with Crippen molar-refractivity contribution in [3.05, 3.63) is 0 Å². The van der Waals surface area contributed by atoms with Crippen LogP contribution in [-0.2, 0) is 9.53 Å². The van der Waals surface area contributed by atoms with E-state index in [0.29, 0.717) is 6.61 Å². The molecule has 1 fully saturated rings. The Morgan fingerprint density at radius 3 is 3.10 bits per heavy atom. The van der Waals surface area contributed by atoms with Crippen LogP contribution in [0.25, 0.3) is 0 Å². The molecule has 0 saturated carbocycles. The van der Waals surface area contributed by atoms with E-state index in [2.05, 4.69) is 5.32 Å². The summed E-state index contributed by atoms with van der Waals surface area (Å²) < 4.78 is 4.95. The lowest BCUT2D eigenvalue weighted by Crippen LogP contribution is -2.37. The quantitative estimate of drug-likeness (QED) is 0.536. The summed E-state index contributed by atoms with van der Waals surface area (Å²) in [5, 5.41) is 11.2. The number of carbonyl (C=O) groups is 1. The fourth-order valence-electron chi connectivity index (χ4n) is 0.879. The second-order valence-electron chi connectivity index (χ2n) is 2.25. The fourth-order valence-corrected chi connectivity index (χ4v) is 0.879. The van der Waals surface area contributed by atoms with Gasteiger partial charge >= 0.3 is 5.97 Å². The minimum absolute atomic E-state index is 0.546. The van der Waals surface area contributed by atoms with Crippen LogP contribution in [0, 0.1) is 0 Å². The molecule has 0 aliphatic carbocycles. The fraction of sp³-hybridized carbons (Fsp3) is 0.833. The highest BCUT2D eigenvalue weighted by Gasteiger charge is 2.18. The first-order valence-electron chi connectivity index (χ1n) is 3.38. The van der Waals surface area contributed by atoms with Crippen molar-refractivity contribution < 1.29 is 14.6 Å². The molecule has 4 nitrogen and oxygen atoms in total. The van der Waals surface area contributed by atoms with Crippen LogP contribution in [0.2, 0.25) is 0 Å². The maximum atomic E-state index is 10.3. The Labute approximate surface area is 59.2 Å². The van der Waals surface area contributed by atoms with E-state index < -0.39 is 12.2 Å². The molecule has 10 heavy (non-hydrogen) atoms. The molecule has 0 aromatic heterocycles. The number of carboxylic acid groups (broad SMARTS) is 1. The van der Waals surface area contributed by atoms with Gasteiger partial charge in [0.2, 0.25) is 6.23 Å². The summed E-state index contributed by atoms with van der Waals surface area (Å²) in [6, 6.07) is 0. The number of hydrogen-bond donors (Lipinski definition) is 2. The lowest BCUT2D eigenvalue weighted by Gasteiger charge is -2.09. The molecular weight excluding hydrogens is 134 g/mol. The molecule has 58 valence electrons. The molecule has 0 spiro atoms. The molecule has 0 radical (unpaired) electrons. The summed E-state index contributed by atoms with van der Waals surface area (Å²) in [5.41, 5.74) is 0. The van der Waals surface area contributed by atoms with E-state index in [-0.39, 0.29) is 0 Å². The summed E-state index contributed by atoms with van der Waals surface area (Å²) in [7, 11) is 0. The number of hydrogen-bond acceptors (Lipinski definition) is 3. The largest absolute Gasteiger partial charge is 0.478 e. The Morgan fingerprint density at radius 1 is 1.60 bits per heavy atom. The summed E-state index contributed by atoms with van der Waals surface area (Å²) in [6.45, 7) is 1.28. The summed E-state index contributed by atoms with van der Waals surface area (Å²) in [4.78, 5) is 10.3. The Kier molecular flexibility index (Phi) is 2.65. The molecule has 0 bridgehead atoms. The average molecular weight is 145 g/mol. The monoisotopic (exact) mass is 145 g/mol. The standard InChI is InChI=1S/C6H11NO3/c8-6(9)5-7-3-1-2-4-10-5/h5,7H,1-4H2,(H,8,9). The first kappa shape index (κ1) is 7.50. The van der Waals surface area contributed by atoms with Gasteiger partial charge in [0.15, 0.2) is 0 Å². The van der Waals surface area contributed by atoms with Crippen molar-refractivity contribution >= 4 is 5.97 Å². The zero-order chi connectivity index (χ0) is 7.40. The molecule has 1 aliphatic heterocycles. The SMILES string of the molecule is O=C(O)C1NCCCCO1. The van der Waals surface area contributed by atoms with Gasteiger partial charge in [0, 0.05) is 6.61 Å². The van der Waals surface area contributed by atoms with Crippen LogP contribution in [0.4, 0.5) is 0 Å². The van der Waals surface area contributed by atoms with E-state index in [1.54, 1.807) is 0 Å². The number of nitrogens with one attached hydrogen (secondary N) is 1. The van der Waals surface area contributed by atoms with Crippen LogP contribution in [0.15, 0.2) is 0 Å². The van der Waals surface area contributed by atoms with Crippen molar-refractivity contribution in [2.45, 2.75) is 19.1 Å². The predicted octanol–water partition coefficient (Wildman–Crippen LogP) is -0.203. The number of ether oxygens (including phenoxy) is 1. The molecule has 1 unspecified atom stereocenters. The lowest BCUT2D eigenvalue weighted by molar-refractivity contribution is -0.151. The van der Waals surface area contributed by atoms with Crippen molar-refractivity contribution in [3.8, 4) is 0 Å². The van der Waals surface area contributed by atoms with Gasteiger partial charge in [0.1, 0.15) is 0 Å². The van der Waals surface area contributed by atoms with E-state index in [1.807, 2.05) is 0 Å². The highest BCUT2D eigenvalue weighted by Crippen LogP contribution is 1.98. The number of carboxylic acids is 1. The van der Waals surface area contributed by atoms with Crippen LogP contribution in [0.3, 0.4) is 0 Å². The first-order chi connectivity index (χ1) is 4.80. The summed E-state index contributed by atoms with van der Waals surface area (Å²) >= 11 is 0. The van der Waals surface area contributed by atoms with Gasteiger partial charge in [-0.25, -0.2) is 4.79 Å². The van der Waals surface area contributed by atoms with Gasteiger partial charge in [-0.1, -0.05) is 0 Å². The average Bonchev–Trinajstić information content (AvgIpc) is 2.12. The highest BCUT2D eigenvalue weighted by molar-refractivity contribution is 5.71. The molecule has 1 rings (SSSR count). The van der Waals surface area contributed by atoms with Crippen molar-refractivity contribution in [2.24, 2.45) is 0 Å². The maximum absolute atomic E-state index is 10.3. The topological polar surface area (TPSA) is 58.6 Å². The first-order valence-corrected chi connectivity index (χ1v) is 3.38. The van der Waals surface area contributed by atoms with Crippen LogP contribution < -0.4 is 5.32 Å². The number of rotatable bonds is 1. The van der Waals surface area contributed by atoms with Gasteiger partial charge in [0.25, 0.3) is 0 Å². The molecule has 0 aromatic rings. The molecule has 0 amide bonds. The van der Waals surface area contributed by atoms with E-state index in [0.717, 1.165) is 19.4 Å². The third-order valence-electron chi connectivity index (χ3n) is 1.41. The lowest BCUT2D eigenvalue weighted by atomic mass is 10.3. The molecule has 0 aromatic carbocycles. The summed E-state index contributed by atoms with van der Waals surface area (Å²) in [6.07, 6.45) is 1.14. The molecule has 1 atom stereocenters. The second-order valence-corrected chi connectivity index (χ2v) is 2.25. The zero-order valence-electron chi connectivity index (χ0n) is 5.67. The van der Waals surface area contributed by atoms with Crippen LogP contribution in [-0.4, -0.2) is 30.5 Å². The van der Waals surface area contributed by atoms with Crippen molar-refractivity contribution in [1.29, 1.82) is 0 Å². The highest BCUT2D eigenvalue weighted by atomic mass is 16.5.